The first-order chi connectivity index (χ1) is 37.6. The van der Waals surface area contributed by atoms with Gasteiger partial charge in [0.05, 0.1) is 17.4 Å². The molecule has 23 nitrogen and oxygen atoms in total. The van der Waals surface area contributed by atoms with Gasteiger partial charge in [-0.3, -0.25) is 43.2 Å². The average Bonchev–Trinajstić information content (AvgIpc) is 3.44. The molecule has 17 N–H and O–H groups in total. The number of carbonyl (C=O) groups excluding carboxylic acids is 9. The second kappa shape index (κ2) is 28.5. The number of likely N-dealkylation sites (N-methyl/N-ethyl adjacent to an activating group) is 1. The number of hydrogen-bond acceptors (Lipinski definition) is 16. The standard InChI is InChI=1S/C53H64ClN11O12S2/c1-65-42-43(68)44(41(64-52(42)76)51(75)60-37(46(58)70)23-29-9-17-33(66)18-10-29)79-78-26-40(63-47(71)35(56)22-27-7-15-32(54)16-8-27)50(74)62-39(25-30-11-19-34(67)20-12-30)49(73)61-38(24-28-5-13-31(14-6-28)45(57)69)48(72)59-36(53(65)77)4-2-3-21-55/h5-20,35-44,66-68H,2-4,21-26,55-56H2,1H3,(H2,57,69)(H2,58,70)(H,59,72)(H,60,75)(H,61,73)(H,62,74)(H,63,71)(H,64,76)/t35-,36-,37+,38+,39-,40+,41-,42-,43-,44?/m0/s1. The van der Waals surface area contributed by atoms with Gasteiger partial charge in [0.25, 0.3) is 0 Å². The van der Waals surface area contributed by atoms with Crippen LogP contribution in [0.4, 0.5) is 0 Å². The number of rotatable bonds is 18. The Labute approximate surface area is 467 Å². The Balaban J connectivity index is 1.42. The summed E-state index contributed by atoms with van der Waals surface area (Å²) in [6.07, 6.45) is -1.82. The van der Waals surface area contributed by atoms with Crippen LogP contribution in [0.3, 0.4) is 0 Å². The number of primary amides is 2. The highest BCUT2D eigenvalue weighted by Crippen LogP contribution is 2.36. The topological polar surface area (TPSA) is 394 Å². The summed E-state index contributed by atoms with van der Waals surface area (Å²) >= 11 is 6.08. The Morgan fingerprint density at radius 2 is 1.23 bits per heavy atom. The highest BCUT2D eigenvalue weighted by Gasteiger charge is 2.51. The second-order valence-corrected chi connectivity index (χ2v) is 22.2. The van der Waals surface area contributed by atoms with Crippen molar-refractivity contribution < 1.29 is 58.5 Å². The lowest BCUT2D eigenvalue weighted by molar-refractivity contribution is -0.150. The van der Waals surface area contributed by atoms with Gasteiger partial charge in [0.1, 0.15) is 53.8 Å². The van der Waals surface area contributed by atoms with E-state index in [9.17, 15) is 58.5 Å². The predicted octanol–water partition coefficient (Wildman–Crippen LogP) is -1.06. The van der Waals surface area contributed by atoms with Crippen molar-refractivity contribution in [1.82, 2.24) is 36.8 Å². The number of aliphatic hydroxyl groups is 1. The summed E-state index contributed by atoms with van der Waals surface area (Å²) in [6, 6.07) is 12.0. The molecule has 0 aromatic heterocycles. The van der Waals surface area contributed by atoms with Crippen molar-refractivity contribution in [2.75, 3.05) is 19.3 Å². The van der Waals surface area contributed by atoms with Gasteiger partial charge in [-0.2, -0.15) is 0 Å². The maximum Gasteiger partial charge on any atom is 0.248 e. The number of nitrogens with one attached hydrogen (secondary N) is 6. The molecule has 2 aliphatic rings. The van der Waals surface area contributed by atoms with E-state index in [1.165, 1.54) is 79.8 Å². The number of fused-ring (bicyclic) bond motifs is 2. The minimum Gasteiger partial charge on any atom is -0.508 e. The van der Waals surface area contributed by atoms with Crippen molar-refractivity contribution in [3.8, 4) is 11.5 Å². The van der Waals surface area contributed by atoms with Crippen LogP contribution in [0.1, 0.15) is 51.9 Å². The summed E-state index contributed by atoms with van der Waals surface area (Å²) in [6.45, 7) is 0.217. The lowest BCUT2D eigenvalue weighted by Crippen LogP contribution is -2.71. The molecular formula is C53H64ClN11O12S2. The van der Waals surface area contributed by atoms with Crippen LogP contribution in [-0.2, 0) is 64.0 Å². The number of carbonyl (C=O) groups is 9. The van der Waals surface area contributed by atoms with Crippen LogP contribution in [0.5, 0.6) is 11.5 Å². The van der Waals surface area contributed by atoms with E-state index in [1.807, 2.05) is 0 Å². The number of benzene rings is 4. The van der Waals surface area contributed by atoms with Gasteiger partial charge in [0, 0.05) is 42.6 Å². The van der Waals surface area contributed by atoms with Crippen LogP contribution < -0.4 is 54.8 Å². The van der Waals surface area contributed by atoms with Crippen LogP contribution in [-0.4, -0.2) is 152 Å². The van der Waals surface area contributed by atoms with Crippen molar-refractivity contribution in [2.24, 2.45) is 22.9 Å². The van der Waals surface area contributed by atoms with Crippen molar-refractivity contribution in [3.05, 3.63) is 130 Å². The molecule has 0 spiro atoms. The molecule has 2 fully saturated rings. The smallest absolute Gasteiger partial charge is 0.248 e. The third-order valence-corrected chi connectivity index (χ3v) is 16.4. The Morgan fingerprint density at radius 1 is 0.709 bits per heavy atom. The molecule has 10 atom stereocenters. The molecule has 0 radical (unpaired) electrons. The van der Waals surface area contributed by atoms with E-state index in [2.05, 4.69) is 31.9 Å². The highest BCUT2D eigenvalue weighted by atomic mass is 35.5. The van der Waals surface area contributed by atoms with E-state index in [-0.39, 0.29) is 61.5 Å². The van der Waals surface area contributed by atoms with Crippen LogP contribution >= 0.6 is 33.2 Å². The average molecular weight is 1150 g/mol. The van der Waals surface area contributed by atoms with Gasteiger partial charge in [-0.05, 0) is 103 Å². The fourth-order valence-corrected chi connectivity index (χ4v) is 11.9. The van der Waals surface area contributed by atoms with Gasteiger partial charge in [0.2, 0.25) is 53.2 Å². The molecule has 79 heavy (non-hydrogen) atoms. The molecule has 9 amide bonds. The molecule has 422 valence electrons. The summed E-state index contributed by atoms with van der Waals surface area (Å²) in [5, 5.41) is 47.3. The van der Waals surface area contributed by atoms with E-state index >= 15 is 0 Å². The molecule has 2 saturated heterocycles. The monoisotopic (exact) mass is 1150 g/mol. The maximum absolute atomic E-state index is 14.8. The van der Waals surface area contributed by atoms with Gasteiger partial charge < -0.3 is 75.1 Å². The number of nitrogens with two attached hydrogens (primary N) is 4. The summed E-state index contributed by atoms with van der Waals surface area (Å²) in [7, 11) is 2.90. The van der Waals surface area contributed by atoms with E-state index in [1.54, 1.807) is 24.3 Å². The highest BCUT2D eigenvalue weighted by molar-refractivity contribution is 8.77. The molecule has 2 aliphatic heterocycles. The van der Waals surface area contributed by atoms with Gasteiger partial charge >= 0.3 is 0 Å². The van der Waals surface area contributed by atoms with Gasteiger partial charge in [-0.1, -0.05) is 81.7 Å². The first kappa shape index (κ1) is 60.8. The van der Waals surface area contributed by atoms with Crippen LogP contribution in [0.25, 0.3) is 0 Å². The fraction of sp³-hybridized carbons (Fsp3) is 0.377. The minimum absolute atomic E-state index is 0.00509. The molecule has 0 aliphatic carbocycles. The lowest BCUT2D eigenvalue weighted by atomic mass is 9.93. The first-order valence-corrected chi connectivity index (χ1v) is 27.9. The normalized spacial score (nSPS) is 23.1. The van der Waals surface area contributed by atoms with E-state index in [0.29, 0.717) is 40.1 Å². The zero-order valence-electron chi connectivity index (χ0n) is 42.8. The summed E-state index contributed by atoms with van der Waals surface area (Å²) in [5.74, 6) is -8.50. The molecule has 0 saturated carbocycles. The molecular weight excluding hydrogens is 1080 g/mol. The van der Waals surface area contributed by atoms with E-state index in [0.717, 1.165) is 26.5 Å². The molecule has 2 bridgehead atoms. The summed E-state index contributed by atoms with van der Waals surface area (Å²) in [5.41, 5.74) is 25.6. The van der Waals surface area contributed by atoms with Gasteiger partial charge in [-0.25, -0.2) is 0 Å². The van der Waals surface area contributed by atoms with Crippen LogP contribution in [0, 0.1) is 0 Å². The lowest BCUT2D eigenvalue weighted by Gasteiger charge is -2.43. The molecule has 1 unspecified atom stereocenters. The van der Waals surface area contributed by atoms with Crippen molar-refractivity contribution in [2.45, 2.75) is 105 Å². The second-order valence-electron chi connectivity index (χ2n) is 19.2. The first-order valence-electron chi connectivity index (χ1n) is 25.1. The number of amides is 9. The third-order valence-electron chi connectivity index (χ3n) is 13.3. The molecule has 4 aromatic carbocycles. The number of phenolic OH excluding ortho intramolecular Hbond substituents is 2. The number of aromatic hydroxyl groups is 2. The molecule has 26 heteroatoms. The van der Waals surface area contributed by atoms with Crippen molar-refractivity contribution in [1.29, 1.82) is 0 Å². The number of hydrogen-bond donors (Lipinski definition) is 13. The summed E-state index contributed by atoms with van der Waals surface area (Å²) in [4.78, 5) is 127. The summed E-state index contributed by atoms with van der Waals surface area (Å²) < 4.78 is 0. The minimum atomic E-state index is -1.88. The number of halogens is 1. The third kappa shape index (κ3) is 17.0. The number of piperidine rings is 1. The van der Waals surface area contributed by atoms with E-state index < -0.39 is 113 Å². The molecule has 2 heterocycles. The number of nitrogens with zero attached hydrogens (tertiary/aromatic N) is 1. The van der Waals surface area contributed by atoms with Crippen molar-refractivity contribution in [3.63, 3.8) is 0 Å². The molecule has 6 rings (SSSR count). The fourth-order valence-electron chi connectivity index (χ4n) is 8.83. The SMILES string of the molecule is CN1C(=O)[C@H](CCCCN)NC(=O)[C@@H](Cc2ccc(C(N)=O)cc2)NC(=O)[C@H](Cc2ccc(O)cc2)NC(=O)[C@H](NC(=O)[C@@H](N)Cc2ccc(Cl)cc2)CSSC2[C@@H](C(=O)N[C@H](Cc3ccc(O)cc3)C(N)=O)NC(=O)[C@@H]1[C@@H]2O. The molecule has 4 aromatic rings. The van der Waals surface area contributed by atoms with E-state index in [4.69, 9.17) is 34.5 Å². The number of aliphatic hydroxyl groups excluding tert-OH is 1. The Kier molecular flexibility index (Phi) is 21.9. The van der Waals surface area contributed by atoms with Crippen LogP contribution in [0.2, 0.25) is 5.02 Å². The zero-order chi connectivity index (χ0) is 57.5. The van der Waals surface area contributed by atoms with Gasteiger partial charge in [0.15, 0.2) is 0 Å². The largest absolute Gasteiger partial charge is 0.508 e. The maximum atomic E-state index is 14.8. The quantitative estimate of drug-likeness (QED) is 0.0417. The zero-order valence-corrected chi connectivity index (χ0v) is 45.2. The number of phenols is 2. The number of unbranched alkanes of at least 4 members (excludes halogenated alkanes) is 1. The Bertz CT molecular complexity index is 2840. The predicted molar refractivity (Wildman–Crippen MR) is 296 cm³/mol. The van der Waals surface area contributed by atoms with Gasteiger partial charge in [-0.15, -0.1) is 0 Å². The Morgan fingerprint density at radius 3 is 1.78 bits per heavy atom. The van der Waals surface area contributed by atoms with Crippen molar-refractivity contribution >= 4 is 86.4 Å². The van der Waals surface area contributed by atoms with Crippen LogP contribution in [0.15, 0.2) is 97.1 Å². The Hall–Kier alpha value is -7.42.